The number of hydrogen-bond acceptors (Lipinski definition) is 6. The number of nitrogens with two attached hydrogens (primary N) is 1. The summed E-state index contributed by atoms with van der Waals surface area (Å²) in [6, 6.07) is 12.6. The highest BCUT2D eigenvalue weighted by Crippen LogP contribution is 2.26. The number of pyridine rings is 2. The van der Waals surface area contributed by atoms with Crippen LogP contribution >= 0.6 is 11.8 Å². The summed E-state index contributed by atoms with van der Waals surface area (Å²) in [5.41, 5.74) is 8.83. The van der Waals surface area contributed by atoms with E-state index in [1.807, 2.05) is 36.6 Å². The van der Waals surface area contributed by atoms with Gasteiger partial charge in [0, 0.05) is 24.2 Å². The highest BCUT2D eigenvalue weighted by molar-refractivity contribution is 8.13. The number of Topliss-reactive ketones (excluding diaryl/α,β-unsaturated/α-hetero) is 1. The molecule has 2 heterocycles. The molecule has 0 aliphatic carbocycles. The summed E-state index contributed by atoms with van der Waals surface area (Å²) in [5.74, 6) is -0.139. The van der Waals surface area contributed by atoms with Crippen LogP contribution in [-0.4, -0.2) is 27.2 Å². The van der Waals surface area contributed by atoms with E-state index < -0.39 is 0 Å². The zero-order chi connectivity index (χ0) is 18.5. The van der Waals surface area contributed by atoms with Crippen LogP contribution in [0.3, 0.4) is 0 Å². The van der Waals surface area contributed by atoms with Crippen molar-refractivity contribution in [3.63, 3.8) is 0 Å². The van der Waals surface area contributed by atoms with E-state index in [1.165, 1.54) is 18.0 Å². The average Bonchev–Trinajstić information content (AvgIpc) is 2.68. The number of benzene rings is 1. The van der Waals surface area contributed by atoms with Crippen LogP contribution in [0.25, 0.3) is 10.9 Å². The van der Waals surface area contributed by atoms with Gasteiger partial charge in [0.05, 0.1) is 16.8 Å². The van der Waals surface area contributed by atoms with Gasteiger partial charge in [-0.25, -0.2) is 4.99 Å². The molecule has 0 aliphatic heterocycles. The molecule has 2 aromatic heterocycles. The number of amidine groups is 1. The van der Waals surface area contributed by atoms with E-state index in [-0.39, 0.29) is 12.2 Å². The van der Waals surface area contributed by atoms with E-state index in [2.05, 4.69) is 15.0 Å². The fourth-order valence-electron chi connectivity index (χ4n) is 2.44. The molecule has 1 aromatic carbocycles. The van der Waals surface area contributed by atoms with Crippen LogP contribution < -0.4 is 5.73 Å². The number of aromatic nitrogens is 2. The van der Waals surface area contributed by atoms with Gasteiger partial charge in [-0.2, -0.15) is 5.26 Å². The molecule has 0 unspecified atom stereocenters. The van der Waals surface area contributed by atoms with Gasteiger partial charge >= 0.3 is 0 Å². The van der Waals surface area contributed by atoms with Crippen molar-refractivity contribution in [2.75, 3.05) is 6.26 Å². The number of fused-ring (bicyclic) bond motifs is 1. The first-order chi connectivity index (χ1) is 12.6. The number of nitriles is 1. The molecule has 0 atom stereocenters. The van der Waals surface area contributed by atoms with Gasteiger partial charge in [0.15, 0.2) is 11.0 Å². The Labute approximate surface area is 154 Å². The second-order valence-corrected chi connectivity index (χ2v) is 6.31. The minimum Gasteiger partial charge on any atom is -0.378 e. The third kappa shape index (κ3) is 3.87. The Balaban J connectivity index is 1.91. The van der Waals surface area contributed by atoms with Crippen LogP contribution in [-0.2, 0) is 6.42 Å². The quantitative estimate of drug-likeness (QED) is 0.434. The van der Waals surface area contributed by atoms with Crippen molar-refractivity contribution in [2.45, 2.75) is 6.42 Å². The van der Waals surface area contributed by atoms with Crippen LogP contribution in [0.1, 0.15) is 21.6 Å². The minimum absolute atomic E-state index is 0.139. The van der Waals surface area contributed by atoms with Gasteiger partial charge in [-0.1, -0.05) is 17.8 Å². The molecule has 0 radical (unpaired) electrons. The zero-order valence-corrected chi connectivity index (χ0v) is 14.8. The number of rotatable bonds is 4. The van der Waals surface area contributed by atoms with Crippen LogP contribution in [0.2, 0.25) is 0 Å². The minimum atomic E-state index is -0.139. The molecular formula is C19H15N5OS. The standard InChI is InChI=1S/C19H15N5OS/c1-26-19(21)24-16-4-2-3-15-14(16)7-13(11-22-15)8-18(25)17-6-5-12(9-20)10-23-17/h2-7,10-11H,8H2,1H3,(H2,21,24). The van der Waals surface area contributed by atoms with Gasteiger partial charge in [0.2, 0.25) is 0 Å². The molecular weight excluding hydrogens is 346 g/mol. The number of ketones is 1. The molecule has 6 nitrogen and oxygen atoms in total. The Morgan fingerprint density at radius 3 is 2.81 bits per heavy atom. The maximum Gasteiger partial charge on any atom is 0.185 e. The van der Waals surface area contributed by atoms with Crippen LogP contribution in [0.4, 0.5) is 5.69 Å². The average molecular weight is 361 g/mol. The molecule has 3 rings (SSSR count). The van der Waals surface area contributed by atoms with E-state index in [9.17, 15) is 4.79 Å². The number of aliphatic imine (C=N–C) groups is 1. The molecule has 0 bridgehead atoms. The van der Waals surface area contributed by atoms with E-state index >= 15 is 0 Å². The molecule has 128 valence electrons. The van der Waals surface area contributed by atoms with Gasteiger partial charge in [0.25, 0.3) is 0 Å². The summed E-state index contributed by atoms with van der Waals surface area (Å²) < 4.78 is 0. The van der Waals surface area contributed by atoms with Crippen LogP contribution in [0.5, 0.6) is 0 Å². The topological polar surface area (TPSA) is 105 Å². The maximum absolute atomic E-state index is 12.4. The summed E-state index contributed by atoms with van der Waals surface area (Å²) in [7, 11) is 0. The fourth-order valence-corrected chi connectivity index (χ4v) is 2.63. The number of thioether (sulfide) groups is 1. The SMILES string of the molecule is CSC(N)=Nc1cccc2ncc(CC(=O)c3ccc(C#N)cn3)cc12. The molecule has 0 amide bonds. The van der Waals surface area contributed by atoms with Crippen molar-refractivity contribution in [2.24, 2.45) is 10.7 Å². The van der Waals surface area contributed by atoms with E-state index in [0.717, 1.165) is 16.5 Å². The summed E-state index contributed by atoms with van der Waals surface area (Å²) in [6.45, 7) is 0. The lowest BCUT2D eigenvalue weighted by Crippen LogP contribution is -2.06. The van der Waals surface area contributed by atoms with Gasteiger partial charge in [-0.05, 0) is 42.2 Å². The number of carbonyl (C=O) groups excluding carboxylic acids is 1. The second kappa shape index (κ2) is 7.76. The van der Waals surface area contributed by atoms with Gasteiger partial charge in [0.1, 0.15) is 11.8 Å². The maximum atomic E-state index is 12.4. The summed E-state index contributed by atoms with van der Waals surface area (Å²) in [5, 5.41) is 10.1. The lowest BCUT2D eigenvalue weighted by atomic mass is 10.1. The molecule has 0 saturated carbocycles. The first-order valence-electron chi connectivity index (χ1n) is 7.76. The normalized spacial score (nSPS) is 11.3. The highest BCUT2D eigenvalue weighted by atomic mass is 32.2. The number of carbonyl (C=O) groups is 1. The van der Waals surface area contributed by atoms with Crippen molar-refractivity contribution in [1.82, 2.24) is 9.97 Å². The highest BCUT2D eigenvalue weighted by Gasteiger charge is 2.11. The molecule has 26 heavy (non-hydrogen) atoms. The first kappa shape index (κ1) is 17.6. The summed E-state index contributed by atoms with van der Waals surface area (Å²) >= 11 is 1.37. The molecule has 0 fully saturated rings. The Bertz CT molecular complexity index is 1040. The third-order valence-electron chi connectivity index (χ3n) is 3.74. The second-order valence-electron chi connectivity index (χ2n) is 5.49. The zero-order valence-electron chi connectivity index (χ0n) is 14.0. The predicted molar refractivity (Wildman–Crippen MR) is 104 cm³/mol. The Morgan fingerprint density at radius 1 is 1.27 bits per heavy atom. The third-order valence-corrected chi connectivity index (χ3v) is 4.25. The Morgan fingerprint density at radius 2 is 2.12 bits per heavy atom. The lowest BCUT2D eigenvalue weighted by Gasteiger charge is -2.06. The van der Waals surface area contributed by atoms with Crippen LogP contribution in [0, 0.1) is 11.3 Å². The fraction of sp³-hybridized carbons (Fsp3) is 0.105. The number of nitrogens with zero attached hydrogens (tertiary/aromatic N) is 4. The number of hydrogen-bond donors (Lipinski definition) is 1. The predicted octanol–water partition coefficient (Wildman–Crippen LogP) is 3.24. The molecule has 7 heteroatoms. The van der Waals surface area contributed by atoms with E-state index in [1.54, 1.807) is 18.3 Å². The molecule has 3 aromatic rings. The lowest BCUT2D eigenvalue weighted by molar-refractivity contribution is 0.0988. The largest absolute Gasteiger partial charge is 0.378 e. The Kier molecular flexibility index (Phi) is 5.25. The van der Waals surface area contributed by atoms with Gasteiger partial charge < -0.3 is 5.73 Å². The van der Waals surface area contributed by atoms with Gasteiger partial charge in [-0.3, -0.25) is 14.8 Å². The van der Waals surface area contributed by atoms with Crippen molar-refractivity contribution in [3.8, 4) is 6.07 Å². The van der Waals surface area contributed by atoms with Gasteiger partial charge in [-0.15, -0.1) is 0 Å². The summed E-state index contributed by atoms with van der Waals surface area (Å²) in [4.78, 5) is 25.3. The van der Waals surface area contributed by atoms with E-state index in [0.29, 0.717) is 22.1 Å². The van der Waals surface area contributed by atoms with Crippen molar-refractivity contribution >= 4 is 39.3 Å². The van der Waals surface area contributed by atoms with Crippen molar-refractivity contribution in [3.05, 3.63) is 65.6 Å². The Hall–Kier alpha value is -3.24. The monoisotopic (exact) mass is 361 g/mol. The van der Waals surface area contributed by atoms with Crippen molar-refractivity contribution in [1.29, 1.82) is 5.26 Å². The molecule has 0 aliphatic rings. The molecule has 0 spiro atoms. The van der Waals surface area contributed by atoms with E-state index in [4.69, 9.17) is 11.0 Å². The van der Waals surface area contributed by atoms with Crippen LogP contribution in [0.15, 0.2) is 53.8 Å². The first-order valence-corrected chi connectivity index (χ1v) is 8.98. The molecule has 0 saturated heterocycles. The summed E-state index contributed by atoms with van der Waals surface area (Å²) in [6.07, 6.45) is 5.09. The smallest absolute Gasteiger partial charge is 0.185 e. The van der Waals surface area contributed by atoms with Crippen molar-refractivity contribution < 1.29 is 4.79 Å². The molecule has 2 N–H and O–H groups in total.